The van der Waals surface area contributed by atoms with E-state index < -0.39 is 39.7 Å². The number of hydroxylamine groups is 2. The van der Waals surface area contributed by atoms with E-state index in [0.717, 1.165) is 32.8 Å². The molecular formula is C21H36N4O8S. The van der Waals surface area contributed by atoms with Gasteiger partial charge in [-0.2, -0.15) is 13.5 Å². The number of alkyl carbamates (subject to hydrolysis) is 1. The van der Waals surface area contributed by atoms with Gasteiger partial charge in [0, 0.05) is 12.1 Å². The highest BCUT2D eigenvalue weighted by Gasteiger charge is 2.54. The second-order valence-electron chi connectivity index (χ2n) is 11.0. The molecule has 0 bridgehead atoms. The van der Waals surface area contributed by atoms with Crippen molar-refractivity contribution >= 4 is 28.4 Å². The monoisotopic (exact) mass is 504 g/mol. The molecule has 0 aromatic rings. The van der Waals surface area contributed by atoms with Crippen LogP contribution in [0.2, 0.25) is 0 Å². The SMILES string of the molecule is COS(=O)(=O)ON1C(=O)N[C@@](C)(C(=O)NC2CC3(CC(NC(=O)OC(C)(C)C)C3)C2)CC[C@@H]1C. The number of nitrogens with one attached hydrogen (secondary N) is 3. The van der Waals surface area contributed by atoms with Gasteiger partial charge >= 0.3 is 22.5 Å². The standard InChI is InChI=1S/C21H36N4O8S/c1-13-7-8-20(5,24-17(27)25(13)33-34(29,30)31-6)16(26)22-14-9-21(10-14)11-15(12-21)23-18(28)32-19(2,3)4/h13-15H,7-12H2,1-6H3,(H,22,26)(H,23,28)(H,24,27)/t13-,14?,15?,20+,21?/m0/s1. The number of nitrogens with zero attached hydrogens (tertiary/aromatic N) is 1. The van der Waals surface area contributed by atoms with E-state index in [2.05, 4.69) is 20.1 Å². The lowest BCUT2D eigenvalue weighted by atomic mass is 9.52. The smallest absolute Gasteiger partial charge is 0.420 e. The highest BCUT2D eigenvalue weighted by atomic mass is 32.3. The maximum atomic E-state index is 13.0. The van der Waals surface area contributed by atoms with Crippen molar-refractivity contribution in [1.82, 2.24) is 21.0 Å². The average molecular weight is 505 g/mol. The molecule has 0 unspecified atom stereocenters. The maximum Gasteiger partial charge on any atom is 0.420 e. The van der Waals surface area contributed by atoms with Crippen molar-refractivity contribution in [3.05, 3.63) is 0 Å². The molecule has 2 saturated carbocycles. The van der Waals surface area contributed by atoms with Gasteiger partial charge < -0.3 is 20.7 Å². The average Bonchev–Trinajstić information content (AvgIpc) is 2.75. The van der Waals surface area contributed by atoms with E-state index in [0.29, 0.717) is 17.9 Å². The van der Waals surface area contributed by atoms with Gasteiger partial charge in [0.25, 0.3) is 0 Å². The number of hydrogen-bond donors (Lipinski definition) is 3. The van der Waals surface area contributed by atoms with Crippen molar-refractivity contribution < 1.29 is 36.0 Å². The number of ether oxygens (including phenoxy) is 1. The summed E-state index contributed by atoms with van der Waals surface area (Å²) < 4.78 is 37.5. The first-order chi connectivity index (χ1) is 15.6. The summed E-state index contributed by atoms with van der Waals surface area (Å²) in [5.41, 5.74) is -1.65. The van der Waals surface area contributed by atoms with Crippen molar-refractivity contribution in [2.24, 2.45) is 5.41 Å². The molecule has 12 nitrogen and oxygen atoms in total. The van der Waals surface area contributed by atoms with Crippen molar-refractivity contribution in [3.8, 4) is 0 Å². The van der Waals surface area contributed by atoms with Crippen molar-refractivity contribution in [1.29, 1.82) is 0 Å². The predicted octanol–water partition coefficient (Wildman–Crippen LogP) is 1.71. The van der Waals surface area contributed by atoms with Gasteiger partial charge in [-0.15, -0.1) is 4.28 Å². The zero-order valence-corrected chi connectivity index (χ0v) is 21.4. The Morgan fingerprint density at radius 3 is 2.21 bits per heavy atom. The third-order valence-corrected chi connectivity index (χ3v) is 7.45. The molecule has 1 heterocycles. The molecule has 13 heteroatoms. The first kappa shape index (κ1) is 26.5. The molecule has 194 valence electrons. The molecule has 3 N–H and O–H groups in total. The van der Waals surface area contributed by atoms with E-state index in [1.165, 1.54) is 0 Å². The summed E-state index contributed by atoms with van der Waals surface area (Å²) in [6, 6.07) is -1.37. The Morgan fingerprint density at radius 2 is 1.68 bits per heavy atom. The van der Waals surface area contributed by atoms with Gasteiger partial charge in [0.2, 0.25) is 5.91 Å². The van der Waals surface area contributed by atoms with E-state index in [-0.39, 0.29) is 23.4 Å². The van der Waals surface area contributed by atoms with Crippen LogP contribution in [0, 0.1) is 5.41 Å². The van der Waals surface area contributed by atoms with Crippen LogP contribution in [0.3, 0.4) is 0 Å². The molecule has 34 heavy (non-hydrogen) atoms. The Bertz CT molecular complexity index is 920. The highest BCUT2D eigenvalue weighted by molar-refractivity contribution is 7.81. The molecule has 0 aromatic carbocycles. The van der Waals surface area contributed by atoms with Crippen LogP contribution in [-0.2, 0) is 28.4 Å². The molecule has 3 fully saturated rings. The van der Waals surface area contributed by atoms with Crippen LogP contribution in [0.4, 0.5) is 9.59 Å². The summed E-state index contributed by atoms with van der Waals surface area (Å²) in [7, 11) is -3.45. The topological polar surface area (TPSA) is 152 Å². The van der Waals surface area contributed by atoms with Gasteiger partial charge in [-0.05, 0) is 78.6 Å². The summed E-state index contributed by atoms with van der Waals surface area (Å²) >= 11 is 0. The molecule has 2 aliphatic carbocycles. The van der Waals surface area contributed by atoms with Crippen LogP contribution in [0.1, 0.15) is 73.1 Å². The van der Waals surface area contributed by atoms with E-state index in [1.807, 2.05) is 20.8 Å². The minimum Gasteiger partial charge on any atom is -0.444 e. The number of rotatable bonds is 6. The van der Waals surface area contributed by atoms with Crippen molar-refractivity contribution in [2.75, 3.05) is 7.11 Å². The van der Waals surface area contributed by atoms with Gasteiger partial charge in [0.05, 0.1) is 13.2 Å². The Labute approximate surface area is 200 Å². The maximum absolute atomic E-state index is 13.0. The molecule has 0 aromatic heterocycles. The van der Waals surface area contributed by atoms with Crippen LogP contribution in [-0.4, -0.2) is 67.9 Å². The fourth-order valence-electron chi connectivity index (χ4n) is 4.90. The largest absolute Gasteiger partial charge is 0.444 e. The van der Waals surface area contributed by atoms with Crippen LogP contribution in [0.15, 0.2) is 0 Å². The Morgan fingerprint density at radius 1 is 1.12 bits per heavy atom. The molecule has 1 aliphatic heterocycles. The zero-order chi connectivity index (χ0) is 25.5. The fourth-order valence-corrected chi connectivity index (χ4v) is 5.37. The Kier molecular flexibility index (Phi) is 7.13. The molecular weight excluding hydrogens is 468 g/mol. The molecule has 3 rings (SSSR count). The van der Waals surface area contributed by atoms with Crippen molar-refractivity contribution in [3.63, 3.8) is 0 Å². The van der Waals surface area contributed by atoms with Crippen LogP contribution in [0.25, 0.3) is 0 Å². The van der Waals surface area contributed by atoms with Gasteiger partial charge in [-0.25, -0.2) is 9.59 Å². The summed E-state index contributed by atoms with van der Waals surface area (Å²) in [4.78, 5) is 37.6. The predicted molar refractivity (Wildman–Crippen MR) is 120 cm³/mol. The molecule has 1 spiro atoms. The number of carbonyl (C=O) groups is 3. The summed E-state index contributed by atoms with van der Waals surface area (Å²) in [5, 5.41) is 9.17. The van der Waals surface area contributed by atoms with E-state index in [1.54, 1.807) is 13.8 Å². The van der Waals surface area contributed by atoms with Gasteiger partial charge in [-0.1, -0.05) is 0 Å². The van der Waals surface area contributed by atoms with E-state index in [9.17, 15) is 22.8 Å². The molecule has 0 radical (unpaired) electrons. The summed E-state index contributed by atoms with van der Waals surface area (Å²) in [5.74, 6) is -0.327. The first-order valence-corrected chi connectivity index (χ1v) is 12.8. The molecule has 1 saturated heterocycles. The van der Waals surface area contributed by atoms with E-state index >= 15 is 0 Å². The van der Waals surface area contributed by atoms with Crippen LogP contribution < -0.4 is 16.0 Å². The van der Waals surface area contributed by atoms with Gasteiger partial charge in [0.15, 0.2) is 0 Å². The lowest BCUT2D eigenvalue weighted by Crippen LogP contribution is -2.65. The molecule has 3 aliphatic rings. The second-order valence-corrected chi connectivity index (χ2v) is 12.3. The van der Waals surface area contributed by atoms with Crippen LogP contribution in [0.5, 0.6) is 0 Å². The Balaban J connectivity index is 1.48. The number of amides is 4. The Hall–Kier alpha value is -2.12. The highest BCUT2D eigenvalue weighted by Crippen LogP contribution is 2.56. The third-order valence-electron chi connectivity index (χ3n) is 6.70. The minimum absolute atomic E-state index is 0.0226. The van der Waals surface area contributed by atoms with Gasteiger partial charge in [-0.3, -0.25) is 8.98 Å². The van der Waals surface area contributed by atoms with Gasteiger partial charge in [0.1, 0.15) is 11.1 Å². The van der Waals surface area contributed by atoms with Crippen molar-refractivity contribution in [2.45, 2.75) is 102 Å². The third kappa shape index (κ3) is 6.11. The molecule has 4 amide bonds. The quantitative estimate of drug-likeness (QED) is 0.494. The number of urea groups is 1. The zero-order valence-electron chi connectivity index (χ0n) is 20.6. The fraction of sp³-hybridized carbons (Fsp3) is 0.857. The number of hydrogen-bond acceptors (Lipinski definition) is 8. The molecule has 2 atom stereocenters. The normalized spacial score (nSPS) is 33.8. The summed E-state index contributed by atoms with van der Waals surface area (Å²) in [6.07, 6.45) is 3.50. The lowest BCUT2D eigenvalue weighted by molar-refractivity contribution is -0.130. The minimum atomic E-state index is -4.37. The van der Waals surface area contributed by atoms with Crippen LogP contribution >= 0.6 is 0 Å². The lowest BCUT2D eigenvalue weighted by Gasteiger charge is -2.58. The second kappa shape index (κ2) is 9.15. The number of carbonyl (C=O) groups excluding carboxylic acids is 3. The summed E-state index contributed by atoms with van der Waals surface area (Å²) in [6.45, 7) is 8.69. The first-order valence-electron chi connectivity index (χ1n) is 11.5. The van der Waals surface area contributed by atoms with E-state index in [4.69, 9.17) is 9.02 Å².